The van der Waals surface area contributed by atoms with Gasteiger partial charge in [-0.3, -0.25) is 4.79 Å². The molecule has 1 aliphatic rings. The molecule has 1 aliphatic heterocycles. The predicted octanol–water partition coefficient (Wildman–Crippen LogP) is 3.93. The molecule has 1 amide bonds. The van der Waals surface area contributed by atoms with Crippen LogP contribution in [0.15, 0.2) is 46.9 Å². The van der Waals surface area contributed by atoms with Crippen molar-refractivity contribution in [3.63, 3.8) is 0 Å². The molecule has 2 aromatic carbocycles. The van der Waals surface area contributed by atoms with Gasteiger partial charge in [-0.2, -0.15) is 0 Å². The Morgan fingerprint density at radius 2 is 1.73 bits per heavy atom. The molecule has 0 saturated carbocycles. The molecule has 4 heteroatoms. The predicted molar refractivity (Wildman–Crippen MR) is 90.9 cm³/mol. The Kier molecular flexibility index (Phi) is 3.42. The summed E-state index contributed by atoms with van der Waals surface area (Å²) >= 11 is 3.40. The number of carbonyl (C=O) groups is 1. The van der Waals surface area contributed by atoms with Crippen LogP contribution in [0.4, 0.5) is 5.69 Å². The SMILES string of the molecule is CC(C)(C)c1ccc([C@@]2(O)C(=O)Nc3ccc(Br)cc32)cc1. The van der Waals surface area contributed by atoms with Crippen LogP contribution in [0.5, 0.6) is 0 Å². The first-order valence-corrected chi connectivity index (χ1v) is 7.97. The molecule has 3 nitrogen and oxygen atoms in total. The Bertz CT molecular complexity index is 747. The van der Waals surface area contributed by atoms with E-state index in [0.717, 1.165) is 10.0 Å². The van der Waals surface area contributed by atoms with Gasteiger partial charge < -0.3 is 10.4 Å². The van der Waals surface area contributed by atoms with Crippen LogP contribution in [0.1, 0.15) is 37.5 Å². The van der Waals surface area contributed by atoms with E-state index in [4.69, 9.17) is 0 Å². The fourth-order valence-electron chi connectivity index (χ4n) is 2.76. The molecule has 0 spiro atoms. The second-order valence-electron chi connectivity index (χ2n) is 6.68. The fourth-order valence-corrected chi connectivity index (χ4v) is 3.12. The summed E-state index contributed by atoms with van der Waals surface area (Å²) in [5.41, 5.74) is 1.35. The van der Waals surface area contributed by atoms with E-state index in [1.54, 1.807) is 12.1 Å². The van der Waals surface area contributed by atoms with Crippen molar-refractivity contribution >= 4 is 27.5 Å². The van der Waals surface area contributed by atoms with Crippen LogP contribution >= 0.6 is 15.9 Å². The molecule has 114 valence electrons. The first-order valence-electron chi connectivity index (χ1n) is 7.18. The van der Waals surface area contributed by atoms with E-state index < -0.39 is 11.5 Å². The van der Waals surface area contributed by atoms with Crippen molar-refractivity contribution in [1.82, 2.24) is 0 Å². The van der Waals surface area contributed by atoms with Gasteiger partial charge in [-0.15, -0.1) is 0 Å². The third kappa shape index (κ3) is 2.27. The summed E-state index contributed by atoms with van der Waals surface area (Å²) in [7, 11) is 0. The van der Waals surface area contributed by atoms with Crippen molar-refractivity contribution in [1.29, 1.82) is 0 Å². The number of hydrogen-bond acceptors (Lipinski definition) is 2. The van der Waals surface area contributed by atoms with Gasteiger partial charge in [-0.25, -0.2) is 0 Å². The molecule has 3 rings (SSSR count). The zero-order valence-corrected chi connectivity index (χ0v) is 14.4. The van der Waals surface area contributed by atoms with E-state index in [-0.39, 0.29) is 5.41 Å². The van der Waals surface area contributed by atoms with Crippen LogP contribution in [0.25, 0.3) is 0 Å². The molecule has 1 atom stereocenters. The summed E-state index contributed by atoms with van der Waals surface area (Å²) in [6.07, 6.45) is 0. The van der Waals surface area contributed by atoms with E-state index in [9.17, 15) is 9.90 Å². The molecule has 0 unspecified atom stereocenters. The lowest BCUT2D eigenvalue weighted by Gasteiger charge is -2.24. The van der Waals surface area contributed by atoms with Gasteiger partial charge in [0, 0.05) is 15.7 Å². The number of hydrogen-bond donors (Lipinski definition) is 2. The molecule has 2 aromatic rings. The molecule has 0 aliphatic carbocycles. The summed E-state index contributed by atoms with van der Waals surface area (Å²) in [4.78, 5) is 12.4. The van der Waals surface area contributed by atoms with Gasteiger partial charge in [-0.1, -0.05) is 61.0 Å². The number of benzene rings is 2. The minimum atomic E-state index is -1.64. The Morgan fingerprint density at radius 3 is 2.32 bits per heavy atom. The highest BCUT2D eigenvalue weighted by Crippen LogP contribution is 2.42. The van der Waals surface area contributed by atoms with Gasteiger partial charge in [0.25, 0.3) is 5.91 Å². The zero-order chi connectivity index (χ0) is 16.1. The van der Waals surface area contributed by atoms with Gasteiger partial charge in [0.05, 0.1) is 0 Å². The number of nitrogens with one attached hydrogen (secondary N) is 1. The summed E-state index contributed by atoms with van der Waals surface area (Å²) in [5.74, 6) is -0.413. The summed E-state index contributed by atoms with van der Waals surface area (Å²) in [6.45, 7) is 6.39. The molecule has 22 heavy (non-hydrogen) atoms. The van der Waals surface area contributed by atoms with Gasteiger partial charge in [0.2, 0.25) is 0 Å². The minimum Gasteiger partial charge on any atom is -0.372 e. The number of halogens is 1. The minimum absolute atomic E-state index is 0.0278. The van der Waals surface area contributed by atoms with Crippen LogP contribution in [-0.2, 0) is 15.8 Å². The monoisotopic (exact) mass is 359 g/mol. The van der Waals surface area contributed by atoms with Crippen LogP contribution in [0.2, 0.25) is 0 Å². The molecule has 0 bridgehead atoms. The molecule has 0 radical (unpaired) electrons. The molecular formula is C18H18BrNO2. The van der Waals surface area contributed by atoms with Gasteiger partial charge in [-0.05, 0) is 34.7 Å². The number of anilines is 1. The maximum absolute atomic E-state index is 12.4. The number of amides is 1. The topological polar surface area (TPSA) is 49.3 Å². The van der Waals surface area contributed by atoms with E-state index in [2.05, 4.69) is 42.0 Å². The van der Waals surface area contributed by atoms with Crippen LogP contribution < -0.4 is 5.32 Å². The molecule has 2 N–H and O–H groups in total. The Labute approximate surface area is 138 Å². The molecule has 1 heterocycles. The van der Waals surface area contributed by atoms with E-state index in [0.29, 0.717) is 16.8 Å². The number of fused-ring (bicyclic) bond motifs is 1. The first kappa shape index (κ1) is 15.3. The fraction of sp³-hybridized carbons (Fsp3) is 0.278. The average molecular weight is 360 g/mol. The summed E-state index contributed by atoms with van der Waals surface area (Å²) < 4.78 is 0.826. The third-order valence-electron chi connectivity index (χ3n) is 4.12. The smallest absolute Gasteiger partial charge is 0.265 e. The maximum Gasteiger partial charge on any atom is 0.265 e. The van der Waals surface area contributed by atoms with Crippen molar-refractivity contribution < 1.29 is 9.90 Å². The highest BCUT2D eigenvalue weighted by Gasteiger charge is 2.46. The van der Waals surface area contributed by atoms with E-state index >= 15 is 0 Å². The summed E-state index contributed by atoms with van der Waals surface area (Å²) in [6, 6.07) is 13.0. The van der Waals surface area contributed by atoms with E-state index in [1.807, 2.05) is 30.3 Å². The Balaban J connectivity index is 2.11. The highest BCUT2D eigenvalue weighted by atomic mass is 79.9. The number of carbonyl (C=O) groups excluding carboxylic acids is 1. The van der Waals surface area contributed by atoms with Crippen molar-refractivity contribution in [3.05, 3.63) is 63.6 Å². The molecule has 0 fully saturated rings. The average Bonchev–Trinajstić information content (AvgIpc) is 2.71. The van der Waals surface area contributed by atoms with Crippen molar-refractivity contribution in [2.24, 2.45) is 0 Å². The zero-order valence-electron chi connectivity index (χ0n) is 12.8. The first-order chi connectivity index (χ1) is 10.2. The second kappa shape index (κ2) is 4.93. The maximum atomic E-state index is 12.4. The summed E-state index contributed by atoms with van der Waals surface area (Å²) in [5, 5.41) is 13.8. The second-order valence-corrected chi connectivity index (χ2v) is 7.60. The number of aliphatic hydroxyl groups is 1. The van der Waals surface area contributed by atoms with Crippen LogP contribution in [0.3, 0.4) is 0 Å². The van der Waals surface area contributed by atoms with Crippen molar-refractivity contribution in [3.8, 4) is 0 Å². The van der Waals surface area contributed by atoms with E-state index in [1.165, 1.54) is 0 Å². The lowest BCUT2D eigenvalue weighted by Crippen LogP contribution is -2.35. The van der Waals surface area contributed by atoms with Crippen LogP contribution in [0, 0.1) is 0 Å². The normalized spacial score (nSPS) is 20.7. The van der Waals surface area contributed by atoms with Crippen LogP contribution in [-0.4, -0.2) is 11.0 Å². The lowest BCUT2D eigenvalue weighted by molar-refractivity contribution is -0.129. The number of rotatable bonds is 1. The molecular weight excluding hydrogens is 342 g/mol. The van der Waals surface area contributed by atoms with Crippen molar-refractivity contribution in [2.45, 2.75) is 31.8 Å². The quantitative estimate of drug-likeness (QED) is 0.810. The third-order valence-corrected chi connectivity index (χ3v) is 4.61. The Morgan fingerprint density at radius 1 is 1.09 bits per heavy atom. The standard InChI is InChI=1S/C18H18BrNO2/c1-17(2,3)11-4-6-12(7-5-11)18(22)14-10-13(19)8-9-15(14)20-16(18)21/h4-10,22H,1-3H3,(H,20,21)/t18-/m0/s1. The van der Waals surface area contributed by atoms with Crippen molar-refractivity contribution in [2.75, 3.05) is 5.32 Å². The molecule has 0 saturated heterocycles. The highest BCUT2D eigenvalue weighted by molar-refractivity contribution is 9.10. The largest absolute Gasteiger partial charge is 0.372 e. The lowest BCUT2D eigenvalue weighted by atomic mass is 9.83. The molecule has 0 aromatic heterocycles. The van der Waals surface area contributed by atoms with Gasteiger partial charge in [0.15, 0.2) is 5.60 Å². The Hall–Kier alpha value is -1.65. The van der Waals surface area contributed by atoms with Gasteiger partial charge >= 0.3 is 0 Å². The van der Waals surface area contributed by atoms with Gasteiger partial charge in [0.1, 0.15) is 0 Å².